The summed E-state index contributed by atoms with van der Waals surface area (Å²) in [5.74, 6) is 1.04. The first-order valence-corrected chi connectivity index (χ1v) is 7.88. The van der Waals surface area contributed by atoms with Crippen LogP contribution in [-0.4, -0.2) is 40.7 Å². The highest BCUT2D eigenvalue weighted by atomic mass is 32.1. The molecule has 0 unspecified atom stereocenters. The van der Waals surface area contributed by atoms with E-state index >= 15 is 0 Å². The van der Waals surface area contributed by atoms with Gasteiger partial charge in [0.05, 0.1) is 26.4 Å². The molecule has 0 aliphatic carbocycles. The number of thiophene rings is 1. The fraction of sp³-hybridized carbons (Fsp3) is 0.571. The molecule has 0 aromatic carbocycles. The van der Waals surface area contributed by atoms with Crippen LogP contribution in [0.2, 0.25) is 0 Å². The lowest BCUT2D eigenvalue weighted by Gasteiger charge is -2.23. The molecule has 0 bridgehead atoms. The first-order valence-electron chi connectivity index (χ1n) is 7.00. The smallest absolute Gasteiger partial charge is 0.138 e. The first-order chi connectivity index (χ1) is 9.92. The van der Waals surface area contributed by atoms with Crippen LogP contribution in [0, 0.1) is 0 Å². The van der Waals surface area contributed by atoms with Crippen molar-refractivity contribution >= 4 is 11.3 Å². The molecule has 3 heterocycles. The van der Waals surface area contributed by atoms with E-state index in [1.54, 1.807) is 6.33 Å². The van der Waals surface area contributed by atoms with E-state index in [-0.39, 0.29) is 6.10 Å². The Balaban J connectivity index is 1.50. The molecule has 0 N–H and O–H groups in total. The second-order valence-corrected chi connectivity index (χ2v) is 5.89. The van der Waals surface area contributed by atoms with Gasteiger partial charge in [0.1, 0.15) is 18.3 Å². The van der Waals surface area contributed by atoms with E-state index in [9.17, 15) is 0 Å². The summed E-state index contributed by atoms with van der Waals surface area (Å²) in [5.41, 5.74) is 0. The Labute approximate surface area is 122 Å². The molecule has 2 aromatic heterocycles. The molecule has 1 fully saturated rings. The zero-order valence-corrected chi connectivity index (χ0v) is 12.2. The quantitative estimate of drug-likeness (QED) is 0.816. The van der Waals surface area contributed by atoms with Gasteiger partial charge in [-0.25, -0.2) is 9.67 Å². The number of hydrogen-bond donors (Lipinski definition) is 0. The van der Waals surface area contributed by atoms with Crippen molar-refractivity contribution in [3.8, 4) is 0 Å². The third kappa shape index (κ3) is 3.65. The molecule has 0 radical (unpaired) electrons. The van der Waals surface area contributed by atoms with E-state index in [1.807, 2.05) is 16.0 Å². The van der Waals surface area contributed by atoms with Gasteiger partial charge in [0.25, 0.3) is 0 Å². The van der Waals surface area contributed by atoms with Crippen LogP contribution >= 0.6 is 11.3 Å². The standard InChI is InChI=1S/C14H19N3O2S/c1(3-13-4-2-8-20-13)5-14-15-11-16-17(14)9-12-10-18-6-7-19-12/h2,4,8,11-12H,1,3,5-7,9-10H2/t12-/m0/s1. The predicted molar refractivity (Wildman–Crippen MR) is 76.9 cm³/mol. The zero-order valence-electron chi connectivity index (χ0n) is 11.4. The van der Waals surface area contributed by atoms with Gasteiger partial charge in [0.2, 0.25) is 0 Å². The van der Waals surface area contributed by atoms with Gasteiger partial charge in [-0.05, 0) is 24.3 Å². The molecule has 1 aliphatic heterocycles. The minimum Gasteiger partial charge on any atom is -0.376 e. The summed E-state index contributed by atoms with van der Waals surface area (Å²) in [7, 11) is 0. The SMILES string of the molecule is c1csc(CCCc2ncnn2C[C@H]2COCCO2)c1. The van der Waals surface area contributed by atoms with Gasteiger partial charge in [-0.3, -0.25) is 0 Å². The number of aryl methyl sites for hydroxylation is 2. The molecule has 1 saturated heterocycles. The van der Waals surface area contributed by atoms with Gasteiger partial charge in [-0.2, -0.15) is 5.10 Å². The maximum absolute atomic E-state index is 5.66. The Bertz CT molecular complexity index is 506. The highest BCUT2D eigenvalue weighted by molar-refractivity contribution is 7.09. The Morgan fingerprint density at radius 2 is 2.35 bits per heavy atom. The van der Waals surface area contributed by atoms with Crippen molar-refractivity contribution in [2.24, 2.45) is 0 Å². The second-order valence-electron chi connectivity index (χ2n) is 4.86. The third-order valence-corrected chi connectivity index (χ3v) is 4.30. The van der Waals surface area contributed by atoms with Crippen molar-refractivity contribution in [1.82, 2.24) is 14.8 Å². The highest BCUT2D eigenvalue weighted by Crippen LogP contribution is 2.13. The predicted octanol–water partition coefficient (Wildman–Crippen LogP) is 1.93. The monoisotopic (exact) mass is 293 g/mol. The summed E-state index contributed by atoms with van der Waals surface area (Å²) in [5, 5.41) is 6.42. The van der Waals surface area contributed by atoms with E-state index in [2.05, 4.69) is 27.6 Å². The summed E-state index contributed by atoms with van der Waals surface area (Å²) in [6.45, 7) is 2.75. The summed E-state index contributed by atoms with van der Waals surface area (Å²) >= 11 is 1.81. The molecule has 1 aliphatic rings. The lowest BCUT2D eigenvalue weighted by atomic mass is 10.2. The minimum atomic E-state index is 0.0986. The Morgan fingerprint density at radius 1 is 1.35 bits per heavy atom. The summed E-state index contributed by atoms with van der Waals surface area (Å²) in [4.78, 5) is 5.79. The molecule has 0 spiro atoms. The molecule has 1 atom stereocenters. The molecule has 108 valence electrons. The normalized spacial score (nSPS) is 19.3. The maximum Gasteiger partial charge on any atom is 0.138 e. The van der Waals surface area contributed by atoms with Crippen LogP contribution in [-0.2, 0) is 28.9 Å². The molecular weight excluding hydrogens is 274 g/mol. The second kappa shape index (κ2) is 6.97. The summed E-state index contributed by atoms with van der Waals surface area (Å²) < 4.78 is 13.0. The average Bonchev–Trinajstić information content (AvgIpc) is 3.13. The zero-order chi connectivity index (χ0) is 13.6. The highest BCUT2D eigenvalue weighted by Gasteiger charge is 2.17. The molecular formula is C14H19N3O2S. The van der Waals surface area contributed by atoms with Crippen molar-refractivity contribution in [3.63, 3.8) is 0 Å². The average molecular weight is 293 g/mol. The first kappa shape index (κ1) is 13.7. The van der Waals surface area contributed by atoms with Gasteiger partial charge in [0, 0.05) is 11.3 Å². The Morgan fingerprint density at radius 3 is 3.15 bits per heavy atom. The largest absolute Gasteiger partial charge is 0.376 e. The van der Waals surface area contributed by atoms with E-state index in [1.165, 1.54) is 4.88 Å². The topological polar surface area (TPSA) is 49.2 Å². The minimum absolute atomic E-state index is 0.0986. The number of aromatic nitrogens is 3. The van der Waals surface area contributed by atoms with E-state index in [0.717, 1.165) is 31.6 Å². The number of ether oxygens (including phenoxy) is 2. The van der Waals surface area contributed by atoms with Gasteiger partial charge in [0.15, 0.2) is 0 Å². The fourth-order valence-corrected chi connectivity index (χ4v) is 3.10. The molecule has 0 amide bonds. The Hall–Kier alpha value is -1.24. The van der Waals surface area contributed by atoms with Crippen molar-refractivity contribution < 1.29 is 9.47 Å². The maximum atomic E-state index is 5.66. The summed E-state index contributed by atoms with van der Waals surface area (Å²) in [6, 6.07) is 4.28. The van der Waals surface area contributed by atoms with Crippen LogP contribution in [0.15, 0.2) is 23.8 Å². The molecule has 20 heavy (non-hydrogen) atoms. The van der Waals surface area contributed by atoms with E-state index in [0.29, 0.717) is 19.8 Å². The fourth-order valence-electron chi connectivity index (χ4n) is 2.34. The van der Waals surface area contributed by atoms with Gasteiger partial charge < -0.3 is 9.47 Å². The number of hydrogen-bond acceptors (Lipinski definition) is 5. The Kier molecular flexibility index (Phi) is 4.78. The third-order valence-electron chi connectivity index (χ3n) is 3.36. The lowest BCUT2D eigenvalue weighted by Crippen LogP contribution is -2.33. The van der Waals surface area contributed by atoms with Crippen molar-refractivity contribution in [2.45, 2.75) is 31.9 Å². The van der Waals surface area contributed by atoms with Crippen molar-refractivity contribution in [3.05, 3.63) is 34.5 Å². The van der Waals surface area contributed by atoms with Gasteiger partial charge >= 0.3 is 0 Å². The molecule has 2 aromatic rings. The molecule has 6 heteroatoms. The van der Waals surface area contributed by atoms with Crippen LogP contribution in [0.5, 0.6) is 0 Å². The van der Waals surface area contributed by atoms with Crippen LogP contribution < -0.4 is 0 Å². The van der Waals surface area contributed by atoms with Gasteiger partial charge in [-0.15, -0.1) is 11.3 Å². The molecule has 3 rings (SSSR count). The van der Waals surface area contributed by atoms with Crippen LogP contribution in [0.3, 0.4) is 0 Å². The summed E-state index contributed by atoms with van der Waals surface area (Å²) in [6.07, 6.45) is 4.88. The van der Waals surface area contributed by atoms with Crippen LogP contribution in [0.25, 0.3) is 0 Å². The molecule has 5 nitrogen and oxygen atoms in total. The number of rotatable bonds is 6. The van der Waals surface area contributed by atoms with E-state index < -0.39 is 0 Å². The van der Waals surface area contributed by atoms with Gasteiger partial charge in [-0.1, -0.05) is 6.07 Å². The van der Waals surface area contributed by atoms with Crippen LogP contribution in [0.4, 0.5) is 0 Å². The lowest BCUT2D eigenvalue weighted by molar-refractivity contribution is -0.0949. The van der Waals surface area contributed by atoms with Crippen molar-refractivity contribution in [2.75, 3.05) is 19.8 Å². The van der Waals surface area contributed by atoms with Crippen LogP contribution in [0.1, 0.15) is 17.1 Å². The molecule has 0 saturated carbocycles. The van der Waals surface area contributed by atoms with Crippen molar-refractivity contribution in [1.29, 1.82) is 0 Å². The van der Waals surface area contributed by atoms with E-state index in [4.69, 9.17) is 9.47 Å². The number of nitrogens with zero attached hydrogens (tertiary/aromatic N) is 3.